The Morgan fingerprint density at radius 1 is 1.25 bits per heavy atom. The third kappa shape index (κ3) is 3.81. The summed E-state index contributed by atoms with van der Waals surface area (Å²) in [5.41, 5.74) is 0.397. The molecular weight excluding hydrogens is 248 g/mol. The third-order valence-electron chi connectivity index (χ3n) is 4.39. The summed E-state index contributed by atoms with van der Waals surface area (Å²) in [4.78, 5) is 4.51. The van der Waals surface area contributed by atoms with Gasteiger partial charge < -0.3 is 5.32 Å². The van der Waals surface area contributed by atoms with Crippen molar-refractivity contribution in [3.63, 3.8) is 0 Å². The number of nitrogens with one attached hydrogen (secondary N) is 1. The Morgan fingerprint density at radius 2 is 1.95 bits per heavy atom. The van der Waals surface area contributed by atoms with Gasteiger partial charge in [-0.1, -0.05) is 26.7 Å². The quantitative estimate of drug-likeness (QED) is 0.833. The Labute approximate surface area is 123 Å². The highest BCUT2D eigenvalue weighted by atomic mass is 15.3. The molecule has 0 unspecified atom stereocenters. The van der Waals surface area contributed by atoms with E-state index in [1.165, 1.54) is 25.7 Å². The molecule has 0 atom stereocenters. The van der Waals surface area contributed by atoms with E-state index in [1.807, 2.05) is 0 Å². The number of nitrogens with zero attached hydrogens (tertiary/aromatic N) is 3. The van der Waals surface area contributed by atoms with Crippen molar-refractivity contribution >= 4 is 0 Å². The summed E-state index contributed by atoms with van der Waals surface area (Å²) >= 11 is 0. The van der Waals surface area contributed by atoms with Crippen molar-refractivity contribution in [1.82, 2.24) is 20.1 Å². The molecule has 0 aromatic carbocycles. The molecule has 1 aromatic heterocycles. The monoisotopic (exact) mass is 278 g/mol. The van der Waals surface area contributed by atoms with Gasteiger partial charge in [0.05, 0.1) is 0 Å². The lowest BCUT2D eigenvalue weighted by atomic mass is 9.82. The zero-order valence-electron chi connectivity index (χ0n) is 13.5. The molecule has 0 bridgehead atoms. The van der Waals surface area contributed by atoms with Gasteiger partial charge in [-0.15, -0.1) is 0 Å². The molecule has 4 heteroatoms. The molecule has 1 saturated carbocycles. The van der Waals surface area contributed by atoms with Gasteiger partial charge in [0.2, 0.25) is 0 Å². The van der Waals surface area contributed by atoms with Gasteiger partial charge in [-0.25, -0.2) is 9.67 Å². The predicted octanol–water partition coefficient (Wildman–Crippen LogP) is 3.21. The Bertz CT molecular complexity index is 402. The third-order valence-corrected chi connectivity index (χ3v) is 4.39. The normalized spacial score (nSPS) is 18.3. The van der Waals surface area contributed by atoms with E-state index in [0.717, 1.165) is 25.3 Å². The van der Waals surface area contributed by atoms with Gasteiger partial charge in [-0.05, 0) is 44.6 Å². The van der Waals surface area contributed by atoms with E-state index >= 15 is 0 Å². The second-order valence-corrected chi connectivity index (χ2v) is 7.12. The van der Waals surface area contributed by atoms with Crippen LogP contribution in [0.3, 0.4) is 0 Å². The first-order chi connectivity index (χ1) is 9.52. The minimum Gasteiger partial charge on any atom is -0.316 e. The van der Waals surface area contributed by atoms with Gasteiger partial charge in [0.25, 0.3) is 0 Å². The lowest BCUT2D eigenvalue weighted by Gasteiger charge is -2.30. The minimum atomic E-state index is 0.397. The van der Waals surface area contributed by atoms with E-state index in [-0.39, 0.29) is 0 Å². The molecular formula is C16H30N4. The first-order valence-corrected chi connectivity index (χ1v) is 8.11. The summed E-state index contributed by atoms with van der Waals surface area (Å²) in [7, 11) is 0. The van der Waals surface area contributed by atoms with Crippen molar-refractivity contribution < 1.29 is 0 Å². The Kier molecular flexibility index (Phi) is 5.19. The van der Waals surface area contributed by atoms with Gasteiger partial charge in [-0.2, -0.15) is 5.10 Å². The highest BCUT2D eigenvalue weighted by Gasteiger charge is 2.35. The molecule has 1 N–H and O–H groups in total. The molecule has 0 aliphatic heterocycles. The van der Waals surface area contributed by atoms with Gasteiger partial charge in [-0.3, -0.25) is 0 Å². The van der Waals surface area contributed by atoms with Crippen LogP contribution >= 0.6 is 0 Å². The SMILES string of the molecule is CC(C)CNCC1(Cc2ncnn2C(C)C)CCCC1. The molecule has 0 amide bonds. The van der Waals surface area contributed by atoms with Crippen molar-refractivity contribution in [2.24, 2.45) is 11.3 Å². The van der Waals surface area contributed by atoms with Crippen LogP contribution in [-0.4, -0.2) is 27.9 Å². The molecule has 0 saturated heterocycles. The van der Waals surface area contributed by atoms with Gasteiger partial charge >= 0.3 is 0 Å². The van der Waals surface area contributed by atoms with Crippen LogP contribution in [0.15, 0.2) is 6.33 Å². The van der Waals surface area contributed by atoms with E-state index in [2.05, 4.69) is 47.8 Å². The molecule has 20 heavy (non-hydrogen) atoms. The Hall–Kier alpha value is -0.900. The van der Waals surface area contributed by atoms with Crippen molar-refractivity contribution in [3.8, 4) is 0 Å². The summed E-state index contributed by atoms with van der Waals surface area (Å²) in [5, 5.41) is 8.05. The van der Waals surface area contributed by atoms with Gasteiger partial charge in [0.1, 0.15) is 12.2 Å². The molecule has 1 aliphatic carbocycles. The van der Waals surface area contributed by atoms with E-state index < -0.39 is 0 Å². The van der Waals surface area contributed by atoms with Crippen molar-refractivity contribution in [3.05, 3.63) is 12.2 Å². The van der Waals surface area contributed by atoms with Crippen molar-refractivity contribution in [2.75, 3.05) is 13.1 Å². The first kappa shape index (κ1) is 15.5. The van der Waals surface area contributed by atoms with Gasteiger partial charge in [0, 0.05) is 19.0 Å². The van der Waals surface area contributed by atoms with Crippen LogP contribution in [0.4, 0.5) is 0 Å². The summed E-state index contributed by atoms with van der Waals surface area (Å²) in [6, 6.07) is 0.398. The minimum absolute atomic E-state index is 0.397. The number of hydrogen-bond donors (Lipinski definition) is 1. The molecule has 2 rings (SSSR count). The summed E-state index contributed by atoms with van der Waals surface area (Å²) in [5.74, 6) is 1.88. The molecule has 114 valence electrons. The molecule has 0 radical (unpaired) electrons. The highest BCUT2D eigenvalue weighted by molar-refractivity contribution is 4.98. The molecule has 1 heterocycles. The van der Waals surface area contributed by atoms with Crippen LogP contribution in [0.5, 0.6) is 0 Å². The number of hydrogen-bond acceptors (Lipinski definition) is 3. The van der Waals surface area contributed by atoms with E-state index in [4.69, 9.17) is 0 Å². The average Bonchev–Trinajstić information content (AvgIpc) is 2.99. The van der Waals surface area contributed by atoms with Crippen LogP contribution in [0.25, 0.3) is 0 Å². The first-order valence-electron chi connectivity index (χ1n) is 8.11. The van der Waals surface area contributed by atoms with Crippen molar-refractivity contribution in [1.29, 1.82) is 0 Å². The van der Waals surface area contributed by atoms with E-state index in [1.54, 1.807) is 6.33 Å². The van der Waals surface area contributed by atoms with Crippen LogP contribution in [0, 0.1) is 11.3 Å². The summed E-state index contributed by atoms with van der Waals surface area (Å²) in [6.45, 7) is 11.1. The van der Waals surface area contributed by atoms with Crippen LogP contribution in [-0.2, 0) is 6.42 Å². The average molecular weight is 278 g/mol. The lowest BCUT2D eigenvalue weighted by molar-refractivity contribution is 0.261. The lowest BCUT2D eigenvalue weighted by Crippen LogP contribution is -2.36. The predicted molar refractivity (Wildman–Crippen MR) is 82.7 cm³/mol. The van der Waals surface area contributed by atoms with Crippen molar-refractivity contribution in [2.45, 2.75) is 65.8 Å². The topological polar surface area (TPSA) is 42.7 Å². The van der Waals surface area contributed by atoms with Gasteiger partial charge in [0.15, 0.2) is 0 Å². The molecule has 0 spiro atoms. The molecule has 1 aliphatic rings. The van der Waals surface area contributed by atoms with Crippen LogP contribution in [0.2, 0.25) is 0 Å². The zero-order valence-corrected chi connectivity index (χ0v) is 13.5. The molecule has 1 fully saturated rings. The second kappa shape index (κ2) is 6.70. The Morgan fingerprint density at radius 3 is 2.55 bits per heavy atom. The maximum Gasteiger partial charge on any atom is 0.138 e. The fourth-order valence-electron chi connectivity index (χ4n) is 3.33. The van der Waals surface area contributed by atoms with E-state index in [0.29, 0.717) is 17.4 Å². The molecule has 4 nitrogen and oxygen atoms in total. The van der Waals surface area contributed by atoms with E-state index in [9.17, 15) is 0 Å². The maximum atomic E-state index is 4.51. The maximum absolute atomic E-state index is 4.51. The smallest absolute Gasteiger partial charge is 0.138 e. The standard InChI is InChI=1S/C16H30N4/c1-13(2)10-17-11-16(7-5-6-8-16)9-15-18-12-19-20(15)14(3)4/h12-14,17H,5-11H2,1-4H3. The fraction of sp³-hybridized carbons (Fsp3) is 0.875. The number of rotatable bonds is 7. The van der Waals surface area contributed by atoms with Crippen LogP contribution < -0.4 is 5.32 Å². The number of aromatic nitrogens is 3. The molecule has 1 aromatic rings. The second-order valence-electron chi connectivity index (χ2n) is 7.12. The summed E-state index contributed by atoms with van der Waals surface area (Å²) < 4.78 is 2.09. The summed E-state index contributed by atoms with van der Waals surface area (Å²) in [6.07, 6.45) is 8.14. The van der Waals surface area contributed by atoms with Crippen LogP contribution in [0.1, 0.15) is 65.2 Å². The highest BCUT2D eigenvalue weighted by Crippen LogP contribution is 2.40. The Balaban J connectivity index is 2.03. The fourth-order valence-corrected chi connectivity index (χ4v) is 3.33. The largest absolute Gasteiger partial charge is 0.316 e. The zero-order chi connectivity index (χ0) is 14.6.